The van der Waals surface area contributed by atoms with E-state index in [1.54, 1.807) is 0 Å². The molecule has 0 spiro atoms. The van der Waals surface area contributed by atoms with E-state index in [4.69, 9.17) is 9.84 Å². The maximum Gasteiger partial charge on any atom is 0.0769 e. The summed E-state index contributed by atoms with van der Waals surface area (Å²) in [4.78, 5) is 2.44. The summed E-state index contributed by atoms with van der Waals surface area (Å²) in [6.07, 6.45) is 4.99. The van der Waals surface area contributed by atoms with E-state index in [2.05, 4.69) is 23.1 Å². The van der Waals surface area contributed by atoms with Gasteiger partial charge in [-0.05, 0) is 31.0 Å². The number of ether oxygens (including phenoxy) is 1. The number of aliphatic hydroxyl groups excluding tert-OH is 1. The molecule has 3 atom stereocenters. The van der Waals surface area contributed by atoms with Crippen molar-refractivity contribution in [3.05, 3.63) is 48.3 Å². The average Bonchev–Trinajstić information content (AvgIpc) is 3.25. The standard InChI is InChI=1S/C19H25N3O2/c23-19-8-4-7-17(19)18-14-24-12-11-21(18)13-15-9-10-22(20-15)16-5-2-1-3-6-16/h1-3,5-6,9-10,17-19,23H,4,7-8,11-14H2/t17-,18-,19-/m1/s1. The van der Waals surface area contributed by atoms with E-state index >= 15 is 0 Å². The van der Waals surface area contributed by atoms with Crippen LogP contribution >= 0.6 is 0 Å². The zero-order chi connectivity index (χ0) is 16.4. The number of aromatic nitrogens is 2. The predicted molar refractivity (Wildman–Crippen MR) is 91.9 cm³/mol. The van der Waals surface area contributed by atoms with Crippen molar-refractivity contribution in [2.24, 2.45) is 5.92 Å². The molecule has 2 heterocycles. The SMILES string of the molecule is O[C@@H]1CCC[C@@H]1[C@H]1COCCN1Cc1ccn(-c2ccccc2)n1. The number of nitrogens with zero attached hydrogens (tertiary/aromatic N) is 3. The Balaban J connectivity index is 1.48. The van der Waals surface area contributed by atoms with Crippen LogP contribution in [0.4, 0.5) is 0 Å². The minimum Gasteiger partial charge on any atom is -0.393 e. The zero-order valence-electron chi connectivity index (χ0n) is 13.9. The van der Waals surface area contributed by atoms with E-state index in [0.29, 0.717) is 12.0 Å². The lowest BCUT2D eigenvalue weighted by Crippen LogP contribution is -2.50. The number of hydrogen-bond donors (Lipinski definition) is 1. The number of morpholine rings is 1. The Morgan fingerprint density at radius 1 is 1.17 bits per heavy atom. The van der Waals surface area contributed by atoms with Gasteiger partial charge in [0.25, 0.3) is 0 Å². The van der Waals surface area contributed by atoms with Crippen LogP contribution in [0.5, 0.6) is 0 Å². The molecule has 2 aromatic rings. The van der Waals surface area contributed by atoms with Crippen LogP contribution in [0.3, 0.4) is 0 Å². The lowest BCUT2D eigenvalue weighted by molar-refractivity contribution is -0.0541. The van der Waals surface area contributed by atoms with Gasteiger partial charge in [-0.15, -0.1) is 0 Å². The van der Waals surface area contributed by atoms with Gasteiger partial charge in [-0.2, -0.15) is 5.10 Å². The smallest absolute Gasteiger partial charge is 0.0769 e. The van der Waals surface area contributed by atoms with Gasteiger partial charge < -0.3 is 9.84 Å². The molecule has 1 saturated carbocycles. The summed E-state index contributed by atoms with van der Waals surface area (Å²) < 4.78 is 7.63. The molecule has 0 amide bonds. The predicted octanol–water partition coefficient (Wildman–Crippen LogP) is 2.23. The fraction of sp³-hybridized carbons (Fsp3) is 0.526. The largest absolute Gasteiger partial charge is 0.393 e. The minimum atomic E-state index is -0.180. The second kappa shape index (κ2) is 7.05. The van der Waals surface area contributed by atoms with Crippen LogP contribution in [-0.2, 0) is 11.3 Å². The molecule has 0 radical (unpaired) electrons. The summed E-state index contributed by atoms with van der Waals surface area (Å²) in [6.45, 7) is 3.21. The Bertz CT molecular complexity index is 658. The normalized spacial score (nSPS) is 28.3. The summed E-state index contributed by atoms with van der Waals surface area (Å²) >= 11 is 0. The molecule has 5 nitrogen and oxygen atoms in total. The molecule has 4 rings (SSSR count). The Morgan fingerprint density at radius 2 is 2.04 bits per heavy atom. The van der Waals surface area contributed by atoms with Crippen LogP contribution in [0.25, 0.3) is 5.69 Å². The molecule has 1 aliphatic heterocycles. The highest BCUT2D eigenvalue weighted by atomic mass is 16.5. The third-order valence-corrected chi connectivity index (χ3v) is 5.34. The number of rotatable bonds is 4. The molecular formula is C19H25N3O2. The summed E-state index contributed by atoms with van der Waals surface area (Å²) in [6, 6.07) is 12.6. The van der Waals surface area contributed by atoms with Gasteiger partial charge >= 0.3 is 0 Å². The van der Waals surface area contributed by atoms with Crippen molar-refractivity contribution in [1.29, 1.82) is 0 Å². The molecule has 2 aliphatic rings. The summed E-state index contributed by atoms with van der Waals surface area (Å²) in [7, 11) is 0. The fourth-order valence-electron chi connectivity index (χ4n) is 4.04. The summed E-state index contributed by atoms with van der Waals surface area (Å²) in [5.41, 5.74) is 2.15. The average molecular weight is 327 g/mol. The van der Waals surface area contributed by atoms with Crippen LogP contribution in [0.1, 0.15) is 25.0 Å². The highest BCUT2D eigenvalue weighted by Crippen LogP contribution is 2.32. The van der Waals surface area contributed by atoms with E-state index in [1.165, 1.54) is 0 Å². The van der Waals surface area contributed by atoms with E-state index in [0.717, 1.165) is 56.9 Å². The van der Waals surface area contributed by atoms with Crippen molar-refractivity contribution in [2.45, 2.75) is 38.0 Å². The van der Waals surface area contributed by atoms with E-state index in [1.807, 2.05) is 29.1 Å². The number of hydrogen-bond acceptors (Lipinski definition) is 4. The molecule has 1 saturated heterocycles. The topological polar surface area (TPSA) is 50.5 Å². The highest BCUT2D eigenvalue weighted by molar-refractivity contribution is 5.30. The van der Waals surface area contributed by atoms with Gasteiger partial charge in [0.15, 0.2) is 0 Å². The van der Waals surface area contributed by atoms with Gasteiger partial charge in [0, 0.05) is 31.2 Å². The molecule has 2 fully saturated rings. The van der Waals surface area contributed by atoms with Crippen molar-refractivity contribution in [3.63, 3.8) is 0 Å². The maximum atomic E-state index is 10.3. The molecule has 0 bridgehead atoms. The molecule has 1 aromatic heterocycles. The summed E-state index contributed by atoms with van der Waals surface area (Å²) in [5, 5.41) is 15.0. The van der Waals surface area contributed by atoms with Gasteiger partial charge in [-0.3, -0.25) is 4.90 Å². The molecule has 128 valence electrons. The number of para-hydroxylation sites is 1. The van der Waals surface area contributed by atoms with Crippen molar-refractivity contribution in [1.82, 2.24) is 14.7 Å². The van der Waals surface area contributed by atoms with Gasteiger partial charge in [0.2, 0.25) is 0 Å². The van der Waals surface area contributed by atoms with E-state index in [9.17, 15) is 5.11 Å². The fourth-order valence-corrected chi connectivity index (χ4v) is 4.04. The molecule has 1 aliphatic carbocycles. The van der Waals surface area contributed by atoms with Crippen molar-refractivity contribution in [3.8, 4) is 5.69 Å². The van der Waals surface area contributed by atoms with E-state index < -0.39 is 0 Å². The van der Waals surface area contributed by atoms with E-state index in [-0.39, 0.29) is 6.10 Å². The molecule has 24 heavy (non-hydrogen) atoms. The number of benzene rings is 1. The molecule has 5 heteroatoms. The third-order valence-electron chi connectivity index (χ3n) is 5.34. The summed E-state index contributed by atoms with van der Waals surface area (Å²) in [5.74, 6) is 0.335. The Kier molecular flexibility index (Phi) is 4.65. The lowest BCUT2D eigenvalue weighted by atomic mass is 9.94. The van der Waals surface area contributed by atoms with Crippen LogP contribution in [-0.4, -0.2) is 51.7 Å². The third kappa shape index (κ3) is 3.24. The zero-order valence-corrected chi connectivity index (χ0v) is 13.9. The van der Waals surface area contributed by atoms with Gasteiger partial charge in [-0.1, -0.05) is 24.6 Å². The van der Waals surface area contributed by atoms with Crippen molar-refractivity contribution >= 4 is 0 Å². The van der Waals surface area contributed by atoms with Crippen LogP contribution in [0, 0.1) is 5.92 Å². The number of aliphatic hydroxyl groups is 1. The Hall–Kier alpha value is -1.69. The maximum absolute atomic E-state index is 10.3. The molecule has 1 aromatic carbocycles. The Labute approximate surface area is 142 Å². The van der Waals surface area contributed by atoms with Crippen molar-refractivity contribution in [2.75, 3.05) is 19.8 Å². The minimum absolute atomic E-state index is 0.180. The first-order chi connectivity index (χ1) is 11.8. The van der Waals surface area contributed by atoms with Gasteiger partial charge in [0.05, 0.1) is 30.7 Å². The molecular weight excluding hydrogens is 302 g/mol. The first kappa shape index (κ1) is 15.8. The van der Waals surface area contributed by atoms with Gasteiger partial charge in [0.1, 0.15) is 0 Å². The second-order valence-electron chi connectivity index (χ2n) is 6.86. The Morgan fingerprint density at radius 3 is 2.83 bits per heavy atom. The van der Waals surface area contributed by atoms with Gasteiger partial charge in [-0.25, -0.2) is 4.68 Å². The molecule has 0 unspecified atom stereocenters. The second-order valence-corrected chi connectivity index (χ2v) is 6.86. The van der Waals surface area contributed by atoms with Crippen molar-refractivity contribution < 1.29 is 9.84 Å². The van der Waals surface area contributed by atoms with Crippen LogP contribution in [0.15, 0.2) is 42.6 Å². The highest BCUT2D eigenvalue weighted by Gasteiger charge is 2.37. The molecule has 1 N–H and O–H groups in total. The lowest BCUT2D eigenvalue weighted by Gasteiger charge is -2.39. The first-order valence-corrected chi connectivity index (χ1v) is 8.91. The van der Waals surface area contributed by atoms with Crippen LogP contribution < -0.4 is 0 Å². The van der Waals surface area contributed by atoms with Crippen LogP contribution in [0.2, 0.25) is 0 Å². The monoisotopic (exact) mass is 327 g/mol. The quantitative estimate of drug-likeness (QED) is 0.936. The first-order valence-electron chi connectivity index (χ1n) is 8.91.